The van der Waals surface area contributed by atoms with Crippen LogP contribution in [0, 0.1) is 0 Å². The summed E-state index contributed by atoms with van der Waals surface area (Å²) in [6.07, 6.45) is 8.07. The summed E-state index contributed by atoms with van der Waals surface area (Å²) >= 11 is 0. The molecule has 0 fully saturated rings. The van der Waals surface area contributed by atoms with Crippen LogP contribution in [0.2, 0.25) is 0 Å². The number of hydrogen-bond donors (Lipinski definition) is 0. The van der Waals surface area contributed by atoms with Crippen molar-refractivity contribution < 1.29 is 22.1 Å². The van der Waals surface area contributed by atoms with Gasteiger partial charge < -0.3 is 13.8 Å². The van der Waals surface area contributed by atoms with Crippen LogP contribution in [0.25, 0.3) is 6.08 Å². The van der Waals surface area contributed by atoms with E-state index in [1.54, 1.807) is 36.4 Å². The number of carbonyl (C=O) groups excluding carboxylic acids is 1. The quantitative estimate of drug-likeness (QED) is 0.593. The maximum Gasteiger partial charge on any atom is 0.306 e. The first-order chi connectivity index (χ1) is 11.7. The summed E-state index contributed by atoms with van der Waals surface area (Å²) in [5.41, 5.74) is 2.97. The van der Waals surface area contributed by atoms with E-state index < -0.39 is 10.1 Å². The molecule has 1 aromatic carbocycles. The van der Waals surface area contributed by atoms with Crippen molar-refractivity contribution in [2.75, 3.05) is 13.4 Å². The van der Waals surface area contributed by atoms with Gasteiger partial charge in [-0.25, -0.2) is 4.79 Å². The Morgan fingerprint density at radius 1 is 1.12 bits per heavy atom. The fourth-order valence-corrected chi connectivity index (χ4v) is 2.85. The topological polar surface area (TPSA) is 72.9 Å². The van der Waals surface area contributed by atoms with Crippen LogP contribution in [0.15, 0.2) is 53.5 Å². The SMILES string of the molecule is COc1ccc(/C=C/N2C(C)=CC(=C=O)C=C2C)cc1OS(C)(=O)=O. The van der Waals surface area contributed by atoms with Crippen molar-refractivity contribution in [2.24, 2.45) is 0 Å². The summed E-state index contributed by atoms with van der Waals surface area (Å²) in [5, 5.41) is 0. The lowest BCUT2D eigenvalue weighted by Gasteiger charge is -2.25. The first-order valence-electron chi connectivity index (χ1n) is 7.40. The third-order valence-electron chi connectivity index (χ3n) is 3.45. The predicted molar refractivity (Wildman–Crippen MR) is 96.1 cm³/mol. The first kappa shape index (κ1) is 18.6. The number of rotatable bonds is 5. The van der Waals surface area contributed by atoms with E-state index in [1.165, 1.54) is 7.11 Å². The first-order valence-corrected chi connectivity index (χ1v) is 9.22. The zero-order chi connectivity index (χ0) is 18.6. The van der Waals surface area contributed by atoms with Gasteiger partial charge in [0.25, 0.3) is 0 Å². The Morgan fingerprint density at radius 2 is 1.76 bits per heavy atom. The molecule has 1 aliphatic rings. The van der Waals surface area contributed by atoms with Crippen LogP contribution >= 0.6 is 0 Å². The smallest absolute Gasteiger partial charge is 0.306 e. The molecule has 25 heavy (non-hydrogen) atoms. The molecule has 0 N–H and O–H groups in total. The van der Waals surface area contributed by atoms with Gasteiger partial charge >= 0.3 is 10.1 Å². The molecule has 0 atom stereocenters. The normalized spacial score (nSPS) is 14.9. The molecule has 0 amide bonds. The van der Waals surface area contributed by atoms with E-state index >= 15 is 0 Å². The second kappa shape index (κ2) is 7.42. The summed E-state index contributed by atoms with van der Waals surface area (Å²) < 4.78 is 32.8. The van der Waals surface area contributed by atoms with Crippen molar-refractivity contribution in [3.05, 3.63) is 59.1 Å². The molecule has 132 valence electrons. The average molecular weight is 361 g/mol. The molecule has 0 radical (unpaired) electrons. The Balaban J connectivity index is 2.31. The molecule has 0 unspecified atom stereocenters. The minimum absolute atomic E-state index is 0.122. The molecular weight excluding hydrogens is 342 g/mol. The summed E-state index contributed by atoms with van der Waals surface area (Å²) in [7, 11) is -2.22. The summed E-state index contributed by atoms with van der Waals surface area (Å²) in [4.78, 5) is 12.7. The molecule has 7 heteroatoms. The van der Waals surface area contributed by atoms with Gasteiger partial charge in [-0.2, -0.15) is 8.42 Å². The van der Waals surface area contributed by atoms with Crippen molar-refractivity contribution in [3.63, 3.8) is 0 Å². The van der Waals surface area contributed by atoms with E-state index in [0.29, 0.717) is 11.3 Å². The molecule has 0 saturated heterocycles. The van der Waals surface area contributed by atoms with Gasteiger partial charge in [0.1, 0.15) is 5.94 Å². The van der Waals surface area contributed by atoms with Gasteiger partial charge in [-0.05, 0) is 49.8 Å². The van der Waals surface area contributed by atoms with Gasteiger partial charge in [-0.1, -0.05) is 6.07 Å². The highest BCUT2D eigenvalue weighted by Gasteiger charge is 2.13. The monoisotopic (exact) mass is 361 g/mol. The van der Waals surface area contributed by atoms with Gasteiger partial charge in [-0.15, -0.1) is 0 Å². The van der Waals surface area contributed by atoms with E-state index in [-0.39, 0.29) is 5.75 Å². The lowest BCUT2D eigenvalue weighted by Crippen LogP contribution is -2.15. The van der Waals surface area contributed by atoms with Crippen LogP contribution in [-0.4, -0.2) is 32.6 Å². The Labute approximate surface area is 147 Å². The van der Waals surface area contributed by atoms with E-state index in [4.69, 9.17) is 8.92 Å². The number of hydrogen-bond acceptors (Lipinski definition) is 6. The Hall–Kier alpha value is -2.76. The summed E-state index contributed by atoms with van der Waals surface area (Å²) in [6.45, 7) is 3.76. The zero-order valence-electron chi connectivity index (χ0n) is 14.4. The van der Waals surface area contributed by atoms with Crippen LogP contribution < -0.4 is 8.92 Å². The van der Waals surface area contributed by atoms with Crippen molar-refractivity contribution in [3.8, 4) is 11.5 Å². The van der Waals surface area contributed by atoms with Gasteiger partial charge in [0.15, 0.2) is 11.5 Å². The highest BCUT2D eigenvalue weighted by molar-refractivity contribution is 7.86. The molecule has 1 aliphatic heterocycles. The minimum Gasteiger partial charge on any atom is -0.493 e. The highest BCUT2D eigenvalue weighted by Crippen LogP contribution is 2.30. The fraction of sp³-hybridized carbons (Fsp3) is 0.222. The molecule has 6 nitrogen and oxygen atoms in total. The van der Waals surface area contributed by atoms with Gasteiger partial charge in [0, 0.05) is 17.6 Å². The second-order valence-corrected chi connectivity index (χ2v) is 7.09. The second-order valence-electron chi connectivity index (χ2n) is 5.51. The molecule has 2 rings (SSSR count). The van der Waals surface area contributed by atoms with Crippen molar-refractivity contribution in [1.82, 2.24) is 4.90 Å². The highest BCUT2D eigenvalue weighted by atomic mass is 32.2. The third-order valence-corrected chi connectivity index (χ3v) is 3.93. The molecule has 0 aliphatic carbocycles. The molecular formula is C18H19NO5S. The van der Waals surface area contributed by atoms with Crippen LogP contribution in [0.3, 0.4) is 0 Å². The lowest BCUT2D eigenvalue weighted by molar-refractivity contribution is 0.391. The number of nitrogens with zero attached hydrogens (tertiary/aromatic N) is 1. The predicted octanol–water partition coefficient (Wildman–Crippen LogP) is 2.89. The molecule has 0 bridgehead atoms. The van der Waals surface area contributed by atoms with Gasteiger partial charge in [-0.3, -0.25) is 0 Å². The number of methoxy groups -OCH3 is 1. The average Bonchev–Trinajstić information content (AvgIpc) is 2.52. The summed E-state index contributed by atoms with van der Waals surface area (Å²) in [5.74, 6) is 2.33. The van der Waals surface area contributed by atoms with E-state index in [2.05, 4.69) is 0 Å². The molecule has 0 aromatic heterocycles. The van der Waals surface area contributed by atoms with E-state index in [1.807, 2.05) is 30.9 Å². The van der Waals surface area contributed by atoms with E-state index in [0.717, 1.165) is 23.2 Å². The Kier molecular flexibility index (Phi) is 5.51. The van der Waals surface area contributed by atoms with Crippen LogP contribution in [0.4, 0.5) is 0 Å². The lowest BCUT2D eigenvalue weighted by atomic mass is 10.1. The summed E-state index contributed by atoms with van der Waals surface area (Å²) in [6, 6.07) is 4.99. The molecule has 1 heterocycles. The molecule has 1 aromatic rings. The van der Waals surface area contributed by atoms with Gasteiger partial charge in [0.2, 0.25) is 0 Å². The van der Waals surface area contributed by atoms with Crippen LogP contribution in [-0.2, 0) is 14.9 Å². The Morgan fingerprint density at radius 3 is 2.28 bits per heavy atom. The molecule has 0 saturated carbocycles. The van der Waals surface area contributed by atoms with Crippen LogP contribution in [0.1, 0.15) is 19.4 Å². The largest absolute Gasteiger partial charge is 0.493 e. The third kappa shape index (κ3) is 4.86. The maximum atomic E-state index is 11.4. The fourth-order valence-electron chi connectivity index (χ4n) is 2.39. The Bertz CT molecular complexity index is 897. The van der Waals surface area contributed by atoms with Crippen molar-refractivity contribution >= 4 is 22.1 Å². The van der Waals surface area contributed by atoms with Crippen LogP contribution in [0.5, 0.6) is 11.5 Å². The molecule has 0 spiro atoms. The standard InChI is InChI=1S/C18H19NO5S/c1-13-9-16(12-20)10-14(2)19(13)8-7-15-5-6-17(23-3)18(11-15)24-25(4,21)22/h5-11H,1-4H3/b8-7+. The minimum atomic E-state index is -3.66. The van der Waals surface area contributed by atoms with Crippen molar-refractivity contribution in [2.45, 2.75) is 13.8 Å². The van der Waals surface area contributed by atoms with E-state index in [9.17, 15) is 13.2 Å². The maximum absolute atomic E-state index is 11.4. The number of benzene rings is 1. The zero-order valence-corrected chi connectivity index (χ0v) is 15.3. The van der Waals surface area contributed by atoms with Crippen molar-refractivity contribution in [1.29, 1.82) is 0 Å². The number of ether oxygens (including phenoxy) is 1. The van der Waals surface area contributed by atoms with Gasteiger partial charge in [0.05, 0.1) is 18.9 Å². The number of allylic oxidation sites excluding steroid dienone is 5.